The van der Waals surface area contributed by atoms with E-state index in [1.807, 2.05) is 40.3 Å². The van der Waals surface area contributed by atoms with Gasteiger partial charge >= 0.3 is 0 Å². The van der Waals surface area contributed by atoms with Crippen LogP contribution in [0.25, 0.3) is 11.3 Å². The number of non-ortho nitro benzene ring substituents is 1. The fraction of sp³-hybridized carbons (Fsp3) is 0.0455. The molecule has 1 heterocycles. The first-order chi connectivity index (χ1) is 14.5. The van der Waals surface area contributed by atoms with E-state index in [1.54, 1.807) is 12.1 Å². The maximum atomic E-state index is 14.1. The monoisotopic (exact) mass is 423 g/mol. The van der Waals surface area contributed by atoms with Gasteiger partial charge in [0.1, 0.15) is 11.5 Å². The van der Waals surface area contributed by atoms with Gasteiger partial charge in [0.05, 0.1) is 17.2 Å². The number of nitro groups is 1. The van der Waals surface area contributed by atoms with Gasteiger partial charge in [-0.2, -0.15) is 0 Å². The molecule has 0 aliphatic heterocycles. The Balaban J connectivity index is 1.84. The van der Waals surface area contributed by atoms with Crippen molar-refractivity contribution in [3.05, 3.63) is 110 Å². The van der Waals surface area contributed by atoms with E-state index in [2.05, 4.69) is 4.99 Å². The SMILES string of the molecule is O=[N+]([O-])c1ccc(-c2csc(=Nc3ccc(F)cc3F)n2Cc2ccccc2)cc1. The largest absolute Gasteiger partial charge is 0.312 e. The summed E-state index contributed by atoms with van der Waals surface area (Å²) in [6.45, 7) is 0.471. The van der Waals surface area contributed by atoms with Crippen molar-refractivity contribution in [3.8, 4) is 11.3 Å². The number of nitrogens with zero attached hydrogens (tertiary/aromatic N) is 3. The first-order valence-electron chi connectivity index (χ1n) is 8.98. The molecule has 0 N–H and O–H groups in total. The Morgan fingerprint density at radius 2 is 1.73 bits per heavy atom. The Morgan fingerprint density at radius 3 is 2.40 bits per heavy atom. The third-order valence-corrected chi connectivity index (χ3v) is 5.34. The van der Waals surface area contributed by atoms with Gasteiger partial charge in [-0.05, 0) is 35.4 Å². The number of thiazole rings is 1. The van der Waals surface area contributed by atoms with Crippen molar-refractivity contribution in [2.75, 3.05) is 0 Å². The van der Waals surface area contributed by atoms with Crippen molar-refractivity contribution in [2.24, 2.45) is 4.99 Å². The molecule has 0 bridgehead atoms. The summed E-state index contributed by atoms with van der Waals surface area (Å²) >= 11 is 1.31. The molecule has 0 unspecified atom stereocenters. The van der Waals surface area contributed by atoms with E-state index in [4.69, 9.17) is 0 Å². The molecule has 30 heavy (non-hydrogen) atoms. The minimum atomic E-state index is -0.744. The van der Waals surface area contributed by atoms with Gasteiger partial charge in [0, 0.05) is 23.6 Å². The number of aromatic nitrogens is 1. The predicted molar refractivity (Wildman–Crippen MR) is 112 cm³/mol. The van der Waals surface area contributed by atoms with Crippen molar-refractivity contribution < 1.29 is 13.7 Å². The van der Waals surface area contributed by atoms with Crippen LogP contribution in [0.15, 0.2) is 83.2 Å². The van der Waals surface area contributed by atoms with E-state index in [0.717, 1.165) is 29.0 Å². The molecule has 0 spiro atoms. The summed E-state index contributed by atoms with van der Waals surface area (Å²) in [4.78, 5) is 15.4. The molecule has 5 nitrogen and oxygen atoms in total. The Hall–Kier alpha value is -3.65. The van der Waals surface area contributed by atoms with E-state index in [-0.39, 0.29) is 11.4 Å². The molecule has 0 atom stereocenters. The lowest BCUT2D eigenvalue weighted by atomic mass is 10.1. The van der Waals surface area contributed by atoms with Crippen LogP contribution >= 0.6 is 11.3 Å². The Labute approximate surface area is 174 Å². The quantitative estimate of drug-likeness (QED) is 0.306. The highest BCUT2D eigenvalue weighted by molar-refractivity contribution is 7.07. The molecule has 4 rings (SSSR count). The van der Waals surface area contributed by atoms with Crippen molar-refractivity contribution in [3.63, 3.8) is 0 Å². The van der Waals surface area contributed by atoms with E-state index >= 15 is 0 Å². The maximum absolute atomic E-state index is 14.1. The lowest BCUT2D eigenvalue weighted by molar-refractivity contribution is -0.384. The number of hydrogen-bond donors (Lipinski definition) is 0. The van der Waals surface area contributed by atoms with Gasteiger partial charge in [-0.3, -0.25) is 10.1 Å². The summed E-state index contributed by atoms with van der Waals surface area (Å²) in [7, 11) is 0. The van der Waals surface area contributed by atoms with Gasteiger partial charge in [0.15, 0.2) is 10.6 Å². The minimum Gasteiger partial charge on any atom is -0.312 e. The van der Waals surface area contributed by atoms with Gasteiger partial charge in [-0.25, -0.2) is 13.8 Å². The molecule has 8 heteroatoms. The molecule has 0 saturated carbocycles. The first kappa shape index (κ1) is 19.7. The molecule has 0 amide bonds. The molecule has 0 saturated heterocycles. The van der Waals surface area contributed by atoms with Crippen LogP contribution in [-0.4, -0.2) is 9.49 Å². The summed E-state index contributed by atoms with van der Waals surface area (Å²) in [6.07, 6.45) is 0. The molecule has 0 aliphatic carbocycles. The Kier molecular flexibility index (Phi) is 5.49. The van der Waals surface area contributed by atoms with Crippen LogP contribution in [0.4, 0.5) is 20.2 Å². The topological polar surface area (TPSA) is 60.4 Å². The fourth-order valence-corrected chi connectivity index (χ4v) is 3.92. The Morgan fingerprint density at radius 1 is 1.00 bits per heavy atom. The van der Waals surface area contributed by atoms with E-state index < -0.39 is 16.6 Å². The molecule has 1 aromatic heterocycles. The van der Waals surface area contributed by atoms with Gasteiger partial charge in [0.2, 0.25) is 0 Å². The van der Waals surface area contributed by atoms with Crippen molar-refractivity contribution in [1.29, 1.82) is 0 Å². The second-order valence-electron chi connectivity index (χ2n) is 6.49. The van der Waals surface area contributed by atoms with Crippen LogP contribution in [0.3, 0.4) is 0 Å². The molecule has 0 aliphatic rings. The molecular formula is C22H15F2N3O2S. The smallest absolute Gasteiger partial charge is 0.269 e. The fourth-order valence-electron chi connectivity index (χ4n) is 3.00. The minimum absolute atomic E-state index is 0.00174. The van der Waals surface area contributed by atoms with Crippen LogP contribution in [0, 0.1) is 21.7 Å². The average Bonchev–Trinajstić information content (AvgIpc) is 3.13. The highest BCUT2D eigenvalue weighted by Gasteiger charge is 2.12. The van der Waals surface area contributed by atoms with Gasteiger partial charge in [-0.15, -0.1) is 11.3 Å². The predicted octanol–water partition coefficient (Wildman–Crippen LogP) is 5.68. The lowest BCUT2D eigenvalue weighted by Crippen LogP contribution is -2.16. The van der Waals surface area contributed by atoms with Gasteiger partial charge < -0.3 is 4.57 Å². The summed E-state index contributed by atoms with van der Waals surface area (Å²) in [5, 5.41) is 12.8. The van der Waals surface area contributed by atoms with Crippen LogP contribution in [0.2, 0.25) is 0 Å². The van der Waals surface area contributed by atoms with Crippen LogP contribution in [-0.2, 0) is 6.54 Å². The van der Waals surface area contributed by atoms with E-state index in [9.17, 15) is 18.9 Å². The van der Waals surface area contributed by atoms with E-state index in [0.29, 0.717) is 11.3 Å². The van der Waals surface area contributed by atoms with Gasteiger partial charge in [-0.1, -0.05) is 30.3 Å². The standard InChI is InChI=1S/C22H15F2N3O2S/c23-17-8-11-20(19(24)12-17)25-22-26(13-15-4-2-1-3-5-15)21(14-30-22)16-6-9-18(10-7-16)27(28)29/h1-12,14H,13H2. The zero-order chi connectivity index (χ0) is 21.1. The second kappa shape index (κ2) is 8.38. The van der Waals surface area contributed by atoms with Crippen molar-refractivity contribution in [2.45, 2.75) is 6.54 Å². The summed E-state index contributed by atoms with van der Waals surface area (Å²) < 4.78 is 29.3. The third-order valence-electron chi connectivity index (χ3n) is 4.48. The highest BCUT2D eigenvalue weighted by atomic mass is 32.1. The molecule has 4 aromatic rings. The number of halogens is 2. The van der Waals surface area contributed by atoms with Crippen LogP contribution in [0.5, 0.6) is 0 Å². The summed E-state index contributed by atoms with van der Waals surface area (Å²) in [5.41, 5.74) is 2.62. The lowest BCUT2D eigenvalue weighted by Gasteiger charge is -2.10. The first-order valence-corrected chi connectivity index (χ1v) is 9.86. The number of benzene rings is 3. The molecule has 0 radical (unpaired) electrons. The zero-order valence-corrected chi connectivity index (χ0v) is 16.4. The number of rotatable bonds is 5. The maximum Gasteiger partial charge on any atom is 0.269 e. The van der Waals surface area contributed by atoms with Crippen molar-refractivity contribution >= 4 is 22.7 Å². The molecule has 3 aromatic carbocycles. The number of hydrogen-bond acceptors (Lipinski definition) is 4. The summed E-state index contributed by atoms with van der Waals surface area (Å²) in [6, 6.07) is 19.2. The molecule has 150 valence electrons. The van der Waals surface area contributed by atoms with Crippen LogP contribution in [0.1, 0.15) is 5.56 Å². The molecule has 0 fully saturated rings. The normalized spacial score (nSPS) is 11.6. The van der Waals surface area contributed by atoms with Crippen LogP contribution < -0.4 is 4.80 Å². The summed E-state index contributed by atoms with van der Waals surface area (Å²) in [5.74, 6) is -1.41. The average molecular weight is 423 g/mol. The Bertz CT molecular complexity index is 1270. The number of nitro benzene ring substituents is 1. The molecular weight excluding hydrogens is 408 g/mol. The van der Waals surface area contributed by atoms with Gasteiger partial charge in [0.25, 0.3) is 5.69 Å². The second-order valence-corrected chi connectivity index (χ2v) is 7.32. The zero-order valence-electron chi connectivity index (χ0n) is 15.5. The van der Waals surface area contributed by atoms with Crippen molar-refractivity contribution in [1.82, 2.24) is 4.57 Å². The third kappa shape index (κ3) is 4.18. The van der Waals surface area contributed by atoms with E-state index in [1.165, 1.54) is 29.5 Å². The highest BCUT2D eigenvalue weighted by Crippen LogP contribution is 2.25.